The van der Waals surface area contributed by atoms with E-state index in [1.807, 2.05) is 32.9 Å². The number of carbonyl (C=O) groups excluding carboxylic acids is 1. The van der Waals surface area contributed by atoms with Crippen LogP contribution in [-0.4, -0.2) is 42.8 Å². The molecule has 0 spiro atoms. The summed E-state index contributed by atoms with van der Waals surface area (Å²) < 4.78 is 6.47. The highest BCUT2D eigenvalue weighted by Gasteiger charge is 2.25. The van der Waals surface area contributed by atoms with Crippen LogP contribution < -0.4 is 4.90 Å². The molecule has 4 nitrogen and oxygen atoms in total. The Balaban J connectivity index is 1.91. The number of piperazine rings is 1. The van der Waals surface area contributed by atoms with E-state index in [0.29, 0.717) is 13.1 Å². The van der Waals surface area contributed by atoms with Gasteiger partial charge in [0, 0.05) is 36.3 Å². The SMILES string of the molecule is CC(C)(C)OC(=O)N1CCN(c2cccc(Br)c2)CC1. The van der Waals surface area contributed by atoms with Crippen molar-refractivity contribution in [2.75, 3.05) is 31.1 Å². The lowest BCUT2D eigenvalue weighted by Crippen LogP contribution is -2.50. The monoisotopic (exact) mass is 340 g/mol. The molecule has 0 unspecified atom stereocenters. The predicted molar refractivity (Wildman–Crippen MR) is 84.2 cm³/mol. The zero-order chi connectivity index (χ0) is 14.8. The number of nitrogens with zero attached hydrogens (tertiary/aromatic N) is 2. The summed E-state index contributed by atoms with van der Waals surface area (Å²) in [6.07, 6.45) is -0.216. The van der Waals surface area contributed by atoms with Crippen LogP contribution in [0.4, 0.5) is 10.5 Å². The molecular weight excluding hydrogens is 320 g/mol. The number of hydrogen-bond acceptors (Lipinski definition) is 3. The topological polar surface area (TPSA) is 32.8 Å². The Bertz CT molecular complexity index is 477. The largest absolute Gasteiger partial charge is 0.444 e. The molecule has 1 aliphatic heterocycles. The number of benzene rings is 1. The maximum absolute atomic E-state index is 12.0. The van der Waals surface area contributed by atoms with E-state index in [1.165, 1.54) is 5.69 Å². The number of rotatable bonds is 1. The van der Waals surface area contributed by atoms with Crippen LogP contribution in [0.15, 0.2) is 28.7 Å². The molecule has 1 aromatic carbocycles. The molecule has 0 bridgehead atoms. The molecule has 0 aromatic heterocycles. The third-order valence-electron chi connectivity index (χ3n) is 3.10. The van der Waals surface area contributed by atoms with Gasteiger partial charge in [-0.2, -0.15) is 0 Å². The summed E-state index contributed by atoms with van der Waals surface area (Å²) in [6.45, 7) is 8.72. The third kappa shape index (κ3) is 4.13. The van der Waals surface area contributed by atoms with E-state index in [-0.39, 0.29) is 6.09 Å². The molecule has 5 heteroatoms. The standard InChI is InChI=1S/C15H21BrN2O2/c1-15(2,3)20-14(19)18-9-7-17(8-10-18)13-6-4-5-12(16)11-13/h4-6,11H,7-10H2,1-3H3. The van der Waals surface area contributed by atoms with Gasteiger partial charge in [0.2, 0.25) is 0 Å². The van der Waals surface area contributed by atoms with E-state index < -0.39 is 5.60 Å². The first kappa shape index (κ1) is 15.2. The van der Waals surface area contributed by atoms with E-state index in [0.717, 1.165) is 17.6 Å². The number of anilines is 1. The van der Waals surface area contributed by atoms with Crippen molar-refractivity contribution < 1.29 is 9.53 Å². The highest BCUT2D eigenvalue weighted by molar-refractivity contribution is 9.10. The van der Waals surface area contributed by atoms with Crippen LogP contribution in [0.25, 0.3) is 0 Å². The van der Waals surface area contributed by atoms with Crippen molar-refractivity contribution in [1.29, 1.82) is 0 Å². The molecule has 110 valence electrons. The lowest BCUT2D eigenvalue weighted by molar-refractivity contribution is 0.0240. The van der Waals surface area contributed by atoms with Crippen molar-refractivity contribution in [3.63, 3.8) is 0 Å². The second-order valence-electron chi connectivity index (χ2n) is 5.93. The van der Waals surface area contributed by atoms with Crippen molar-refractivity contribution in [3.05, 3.63) is 28.7 Å². The molecule has 1 saturated heterocycles. The number of carbonyl (C=O) groups is 1. The highest BCUT2D eigenvalue weighted by atomic mass is 79.9. The van der Waals surface area contributed by atoms with Crippen molar-refractivity contribution in [2.24, 2.45) is 0 Å². The smallest absolute Gasteiger partial charge is 0.410 e. The molecule has 0 N–H and O–H groups in total. The van der Waals surface area contributed by atoms with Gasteiger partial charge in [-0.1, -0.05) is 22.0 Å². The average Bonchev–Trinajstić information content (AvgIpc) is 2.37. The van der Waals surface area contributed by atoms with Gasteiger partial charge in [-0.05, 0) is 39.0 Å². The van der Waals surface area contributed by atoms with Crippen LogP contribution in [0.2, 0.25) is 0 Å². The zero-order valence-electron chi connectivity index (χ0n) is 12.2. The van der Waals surface area contributed by atoms with Gasteiger partial charge in [0.25, 0.3) is 0 Å². The summed E-state index contributed by atoms with van der Waals surface area (Å²) >= 11 is 3.49. The Morgan fingerprint density at radius 1 is 1.20 bits per heavy atom. The zero-order valence-corrected chi connectivity index (χ0v) is 13.8. The van der Waals surface area contributed by atoms with E-state index in [9.17, 15) is 4.79 Å². The van der Waals surface area contributed by atoms with Gasteiger partial charge < -0.3 is 14.5 Å². The van der Waals surface area contributed by atoms with Gasteiger partial charge in [0.1, 0.15) is 5.60 Å². The summed E-state index contributed by atoms with van der Waals surface area (Å²) in [5.41, 5.74) is 0.751. The molecule has 1 fully saturated rings. The van der Waals surface area contributed by atoms with Crippen LogP contribution >= 0.6 is 15.9 Å². The van der Waals surface area contributed by atoms with Crippen LogP contribution in [0.1, 0.15) is 20.8 Å². The molecule has 1 aromatic rings. The van der Waals surface area contributed by atoms with Gasteiger partial charge in [0.15, 0.2) is 0 Å². The van der Waals surface area contributed by atoms with Crippen LogP contribution in [0.5, 0.6) is 0 Å². The Morgan fingerprint density at radius 3 is 2.40 bits per heavy atom. The Morgan fingerprint density at radius 2 is 1.85 bits per heavy atom. The summed E-state index contributed by atoms with van der Waals surface area (Å²) in [6, 6.07) is 8.23. The maximum atomic E-state index is 12.0. The molecule has 1 heterocycles. The summed E-state index contributed by atoms with van der Waals surface area (Å²) in [4.78, 5) is 16.0. The van der Waals surface area contributed by atoms with Gasteiger partial charge in [-0.3, -0.25) is 0 Å². The fourth-order valence-electron chi connectivity index (χ4n) is 2.15. The number of amides is 1. The Hall–Kier alpha value is -1.23. The minimum Gasteiger partial charge on any atom is -0.444 e. The molecule has 0 atom stereocenters. The van der Waals surface area contributed by atoms with Crippen LogP contribution in [-0.2, 0) is 4.74 Å². The first-order valence-corrected chi connectivity index (χ1v) is 7.63. The fraction of sp³-hybridized carbons (Fsp3) is 0.533. The Kier molecular flexibility index (Phi) is 4.58. The quantitative estimate of drug-likeness (QED) is 0.784. The number of hydrogen-bond donors (Lipinski definition) is 0. The molecule has 1 amide bonds. The minimum absolute atomic E-state index is 0.216. The normalized spacial score (nSPS) is 16.2. The first-order valence-electron chi connectivity index (χ1n) is 6.83. The number of halogens is 1. The van der Waals surface area contributed by atoms with Gasteiger partial charge in [-0.25, -0.2) is 4.79 Å². The lowest BCUT2D eigenvalue weighted by Gasteiger charge is -2.36. The molecular formula is C15H21BrN2O2. The second kappa shape index (κ2) is 6.04. The highest BCUT2D eigenvalue weighted by Crippen LogP contribution is 2.21. The summed E-state index contributed by atoms with van der Waals surface area (Å²) in [5.74, 6) is 0. The summed E-state index contributed by atoms with van der Waals surface area (Å²) in [5, 5.41) is 0. The molecule has 0 saturated carbocycles. The van der Waals surface area contributed by atoms with E-state index in [2.05, 4.69) is 33.0 Å². The molecule has 1 aliphatic rings. The fourth-order valence-corrected chi connectivity index (χ4v) is 2.53. The molecule has 2 rings (SSSR count). The van der Waals surface area contributed by atoms with Gasteiger partial charge >= 0.3 is 6.09 Å². The van der Waals surface area contributed by atoms with E-state index in [1.54, 1.807) is 4.90 Å². The van der Waals surface area contributed by atoms with E-state index >= 15 is 0 Å². The molecule has 0 aliphatic carbocycles. The van der Waals surface area contributed by atoms with Crippen LogP contribution in [0, 0.1) is 0 Å². The van der Waals surface area contributed by atoms with Crippen molar-refractivity contribution in [1.82, 2.24) is 4.90 Å². The maximum Gasteiger partial charge on any atom is 0.410 e. The first-order chi connectivity index (χ1) is 9.35. The predicted octanol–water partition coefficient (Wildman–Crippen LogP) is 3.51. The summed E-state index contributed by atoms with van der Waals surface area (Å²) in [7, 11) is 0. The number of ether oxygens (including phenoxy) is 1. The van der Waals surface area contributed by atoms with Crippen LogP contribution in [0.3, 0.4) is 0 Å². The van der Waals surface area contributed by atoms with E-state index in [4.69, 9.17) is 4.74 Å². The molecule has 0 radical (unpaired) electrons. The second-order valence-corrected chi connectivity index (χ2v) is 6.85. The van der Waals surface area contributed by atoms with Crippen molar-refractivity contribution >= 4 is 27.7 Å². The Labute approximate surface area is 128 Å². The van der Waals surface area contributed by atoms with Gasteiger partial charge in [-0.15, -0.1) is 0 Å². The third-order valence-corrected chi connectivity index (χ3v) is 3.60. The lowest BCUT2D eigenvalue weighted by atomic mass is 10.2. The van der Waals surface area contributed by atoms with Crippen molar-refractivity contribution in [3.8, 4) is 0 Å². The average molecular weight is 341 g/mol. The van der Waals surface area contributed by atoms with Crippen molar-refractivity contribution in [2.45, 2.75) is 26.4 Å². The minimum atomic E-state index is -0.432. The molecule has 20 heavy (non-hydrogen) atoms. The van der Waals surface area contributed by atoms with Gasteiger partial charge in [0.05, 0.1) is 0 Å².